The van der Waals surface area contributed by atoms with Crippen LogP contribution in [-0.2, 0) is 6.42 Å². The summed E-state index contributed by atoms with van der Waals surface area (Å²) in [6, 6.07) is 7.07. The van der Waals surface area contributed by atoms with Crippen molar-refractivity contribution in [2.75, 3.05) is 0 Å². The number of fused-ring (bicyclic) bond motifs is 2. The maximum Gasteiger partial charge on any atom is 0.169 e. The van der Waals surface area contributed by atoms with E-state index in [1.807, 2.05) is 6.92 Å². The van der Waals surface area contributed by atoms with Gasteiger partial charge in [0.2, 0.25) is 0 Å². The maximum atomic E-state index is 12.2. The van der Waals surface area contributed by atoms with Gasteiger partial charge in [-0.05, 0) is 12.8 Å². The molecule has 0 saturated carbocycles. The van der Waals surface area contributed by atoms with Crippen molar-refractivity contribution in [1.82, 2.24) is 0 Å². The number of carbonyl (C=O) groups is 1. The number of Topliss-reactive ketones (excluding diaryl/α,β-unsaturated/α-hetero) is 1. The molecule has 1 aliphatic rings. The highest BCUT2D eigenvalue weighted by molar-refractivity contribution is 6.09. The lowest BCUT2D eigenvalue weighted by Gasteiger charge is -2.23. The van der Waals surface area contributed by atoms with Crippen molar-refractivity contribution >= 4 is 16.6 Å². The minimum absolute atomic E-state index is 0.00921. The molecule has 3 nitrogen and oxygen atoms in total. The second-order valence-electron chi connectivity index (χ2n) is 4.90. The Morgan fingerprint density at radius 2 is 1.72 bits per heavy atom. The fourth-order valence-corrected chi connectivity index (χ4v) is 2.70. The van der Waals surface area contributed by atoms with Crippen LogP contribution in [0.1, 0.15) is 29.3 Å². The lowest BCUT2D eigenvalue weighted by Crippen LogP contribution is -2.20. The standard InChI is InChI=1S/C15H14O3/c1-8-6-7-11-12(13(8)16)15(18)10-5-3-2-4-9(10)14(11)17/h2-5,8,17-18H,6-7H2,1H3. The molecule has 92 valence electrons. The predicted octanol–water partition coefficient (Wildman–Crippen LogP) is 3.02. The van der Waals surface area contributed by atoms with Crippen LogP contribution in [-0.4, -0.2) is 16.0 Å². The van der Waals surface area contributed by atoms with E-state index in [2.05, 4.69) is 0 Å². The predicted molar refractivity (Wildman–Crippen MR) is 69.1 cm³/mol. The Bertz CT molecular complexity index is 658. The lowest BCUT2D eigenvalue weighted by atomic mass is 9.81. The normalized spacial score (nSPS) is 18.9. The quantitative estimate of drug-likeness (QED) is 0.698. The smallest absolute Gasteiger partial charge is 0.169 e. The number of carbonyl (C=O) groups excluding carboxylic acids is 1. The Kier molecular flexibility index (Phi) is 2.30. The first-order chi connectivity index (χ1) is 8.61. The Labute approximate surface area is 105 Å². The highest BCUT2D eigenvalue weighted by atomic mass is 16.3. The van der Waals surface area contributed by atoms with E-state index in [0.717, 1.165) is 6.42 Å². The van der Waals surface area contributed by atoms with Crippen LogP contribution in [0.4, 0.5) is 0 Å². The van der Waals surface area contributed by atoms with E-state index in [1.54, 1.807) is 24.3 Å². The number of aromatic hydroxyl groups is 2. The van der Waals surface area contributed by atoms with E-state index in [9.17, 15) is 15.0 Å². The van der Waals surface area contributed by atoms with Crippen molar-refractivity contribution in [3.05, 3.63) is 35.4 Å². The van der Waals surface area contributed by atoms with E-state index in [0.29, 0.717) is 28.3 Å². The molecule has 2 N–H and O–H groups in total. The molecule has 0 spiro atoms. The summed E-state index contributed by atoms with van der Waals surface area (Å²) in [7, 11) is 0. The topological polar surface area (TPSA) is 57.5 Å². The summed E-state index contributed by atoms with van der Waals surface area (Å²) in [6.45, 7) is 1.86. The van der Waals surface area contributed by atoms with Crippen LogP contribution in [0.2, 0.25) is 0 Å². The Morgan fingerprint density at radius 3 is 2.39 bits per heavy atom. The van der Waals surface area contributed by atoms with Crippen molar-refractivity contribution < 1.29 is 15.0 Å². The van der Waals surface area contributed by atoms with Crippen molar-refractivity contribution in [3.63, 3.8) is 0 Å². The molecule has 0 aromatic heterocycles. The zero-order chi connectivity index (χ0) is 12.9. The van der Waals surface area contributed by atoms with E-state index in [1.165, 1.54) is 0 Å². The highest BCUT2D eigenvalue weighted by Crippen LogP contribution is 2.43. The first-order valence-corrected chi connectivity index (χ1v) is 6.11. The summed E-state index contributed by atoms with van der Waals surface area (Å²) >= 11 is 0. The molecule has 2 aromatic rings. The number of hydrogen-bond donors (Lipinski definition) is 2. The third kappa shape index (κ3) is 1.33. The van der Waals surface area contributed by atoms with Gasteiger partial charge in [-0.25, -0.2) is 0 Å². The van der Waals surface area contributed by atoms with Crippen molar-refractivity contribution in [3.8, 4) is 11.5 Å². The summed E-state index contributed by atoms with van der Waals surface area (Å²) in [5, 5.41) is 21.7. The van der Waals surface area contributed by atoms with Gasteiger partial charge >= 0.3 is 0 Å². The zero-order valence-corrected chi connectivity index (χ0v) is 10.1. The molecule has 0 fully saturated rings. The monoisotopic (exact) mass is 242 g/mol. The van der Waals surface area contributed by atoms with Gasteiger partial charge in [0, 0.05) is 22.3 Å². The second-order valence-corrected chi connectivity index (χ2v) is 4.90. The number of hydrogen-bond acceptors (Lipinski definition) is 3. The zero-order valence-electron chi connectivity index (χ0n) is 10.1. The fourth-order valence-electron chi connectivity index (χ4n) is 2.70. The fraction of sp³-hybridized carbons (Fsp3) is 0.267. The molecule has 0 amide bonds. The Balaban J connectivity index is 2.44. The molecule has 18 heavy (non-hydrogen) atoms. The summed E-state index contributed by atoms with van der Waals surface area (Å²) in [4.78, 5) is 12.2. The summed E-state index contributed by atoms with van der Waals surface area (Å²) in [6.07, 6.45) is 1.35. The van der Waals surface area contributed by atoms with Crippen molar-refractivity contribution in [2.45, 2.75) is 19.8 Å². The van der Waals surface area contributed by atoms with Crippen LogP contribution in [0.15, 0.2) is 24.3 Å². The van der Waals surface area contributed by atoms with Crippen LogP contribution in [0, 0.1) is 5.92 Å². The van der Waals surface area contributed by atoms with Gasteiger partial charge in [-0.15, -0.1) is 0 Å². The molecule has 3 heteroatoms. The molecule has 1 unspecified atom stereocenters. The largest absolute Gasteiger partial charge is 0.507 e. The van der Waals surface area contributed by atoms with Gasteiger partial charge < -0.3 is 10.2 Å². The first-order valence-electron chi connectivity index (χ1n) is 6.11. The molecule has 0 saturated heterocycles. The van der Waals surface area contributed by atoms with Crippen LogP contribution in [0.3, 0.4) is 0 Å². The average Bonchev–Trinajstić information content (AvgIpc) is 2.39. The Hall–Kier alpha value is -2.03. The number of ketones is 1. The van der Waals surface area contributed by atoms with Gasteiger partial charge in [0.1, 0.15) is 11.5 Å². The van der Waals surface area contributed by atoms with E-state index in [4.69, 9.17) is 0 Å². The molecule has 2 aromatic carbocycles. The number of benzene rings is 2. The molecule has 1 aliphatic carbocycles. The van der Waals surface area contributed by atoms with Crippen LogP contribution >= 0.6 is 0 Å². The molecule has 0 aliphatic heterocycles. The van der Waals surface area contributed by atoms with Gasteiger partial charge in [-0.2, -0.15) is 0 Å². The minimum atomic E-state index is -0.0936. The number of phenolic OH excluding ortho intramolecular Hbond substituents is 2. The number of phenols is 2. The van der Waals surface area contributed by atoms with Gasteiger partial charge in [0.15, 0.2) is 5.78 Å². The van der Waals surface area contributed by atoms with Gasteiger partial charge in [0.25, 0.3) is 0 Å². The van der Waals surface area contributed by atoms with E-state index in [-0.39, 0.29) is 23.2 Å². The van der Waals surface area contributed by atoms with E-state index >= 15 is 0 Å². The summed E-state index contributed by atoms with van der Waals surface area (Å²) in [5.41, 5.74) is 0.902. The summed E-state index contributed by atoms with van der Waals surface area (Å²) < 4.78 is 0. The first kappa shape index (κ1) is 11.1. The van der Waals surface area contributed by atoms with E-state index < -0.39 is 0 Å². The summed E-state index contributed by atoms with van der Waals surface area (Å²) in [5.74, 6) is -0.0210. The highest BCUT2D eigenvalue weighted by Gasteiger charge is 2.30. The minimum Gasteiger partial charge on any atom is -0.507 e. The van der Waals surface area contributed by atoms with Crippen LogP contribution in [0.5, 0.6) is 11.5 Å². The molecule has 0 heterocycles. The van der Waals surface area contributed by atoms with Gasteiger partial charge in [0.05, 0.1) is 5.56 Å². The van der Waals surface area contributed by atoms with Crippen LogP contribution in [0.25, 0.3) is 10.8 Å². The third-order valence-electron chi connectivity index (χ3n) is 3.78. The van der Waals surface area contributed by atoms with Crippen LogP contribution < -0.4 is 0 Å². The molecule has 0 bridgehead atoms. The van der Waals surface area contributed by atoms with Crippen molar-refractivity contribution in [2.24, 2.45) is 5.92 Å². The molecule has 0 radical (unpaired) electrons. The average molecular weight is 242 g/mol. The van der Waals surface area contributed by atoms with Gasteiger partial charge in [-0.3, -0.25) is 4.79 Å². The Morgan fingerprint density at radius 1 is 1.11 bits per heavy atom. The molecule has 1 atom stereocenters. The maximum absolute atomic E-state index is 12.2. The SMILES string of the molecule is CC1CCc2c(c(O)c3ccccc3c2O)C1=O. The number of rotatable bonds is 0. The molecular weight excluding hydrogens is 228 g/mol. The molecule has 3 rings (SSSR count). The second kappa shape index (κ2) is 3.73. The van der Waals surface area contributed by atoms with Crippen molar-refractivity contribution in [1.29, 1.82) is 0 Å². The molecular formula is C15H14O3. The van der Waals surface area contributed by atoms with Gasteiger partial charge in [-0.1, -0.05) is 31.2 Å². The lowest BCUT2D eigenvalue weighted by molar-refractivity contribution is 0.0910. The third-order valence-corrected chi connectivity index (χ3v) is 3.78.